The van der Waals surface area contributed by atoms with Crippen LogP contribution in [-0.2, 0) is 6.54 Å². The van der Waals surface area contributed by atoms with Gasteiger partial charge in [-0.2, -0.15) is 0 Å². The minimum atomic E-state index is 0.0701. The highest BCUT2D eigenvalue weighted by Crippen LogP contribution is 2.29. The lowest BCUT2D eigenvalue weighted by Gasteiger charge is -2.36. The summed E-state index contributed by atoms with van der Waals surface area (Å²) >= 11 is 0. The molecule has 0 radical (unpaired) electrons. The van der Waals surface area contributed by atoms with Crippen LogP contribution in [0.1, 0.15) is 29.3 Å². The maximum Gasteiger partial charge on any atom is 0.258 e. The topological polar surface area (TPSA) is 26.8 Å². The van der Waals surface area contributed by atoms with Crippen molar-refractivity contribution in [3.8, 4) is 0 Å². The predicted molar refractivity (Wildman–Crippen MR) is 128 cm³/mol. The number of carbonyl (C=O) groups is 1. The zero-order valence-corrected chi connectivity index (χ0v) is 18.3. The first-order valence-corrected chi connectivity index (χ1v) is 11.1. The summed E-state index contributed by atoms with van der Waals surface area (Å²) in [6.45, 7) is 11.5. The monoisotopic (exact) mass is 413 g/mol. The van der Waals surface area contributed by atoms with Crippen molar-refractivity contribution in [2.75, 3.05) is 37.6 Å². The van der Waals surface area contributed by atoms with Gasteiger partial charge >= 0.3 is 0 Å². The van der Waals surface area contributed by atoms with E-state index in [1.165, 1.54) is 16.8 Å². The molecule has 2 saturated heterocycles. The van der Waals surface area contributed by atoms with E-state index in [1.54, 1.807) is 6.08 Å². The molecule has 31 heavy (non-hydrogen) atoms. The van der Waals surface area contributed by atoms with Crippen LogP contribution in [0.25, 0.3) is 0 Å². The number of allylic oxidation sites excluding steroid dienone is 4. The van der Waals surface area contributed by atoms with Gasteiger partial charge in [-0.15, -0.1) is 0 Å². The Balaban J connectivity index is 1.40. The highest BCUT2D eigenvalue weighted by molar-refractivity contribution is 5.96. The normalized spacial score (nSPS) is 19.9. The van der Waals surface area contributed by atoms with Crippen LogP contribution in [-0.4, -0.2) is 48.4 Å². The van der Waals surface area contributed by atoms with Crippen LogP contribution in [0.3, 0.4) is 0 Å². The van der Waals surface area contributed by atoms with Crippen LogP contribution in [0, 0.1) is 0 Å². The van der Waals surface area contributed by atoms with Gasteiger partial charge in [0.25, 0.3) is 5.91 Å². The van der Waals surface area contributed by atoms with Crippen molar-refractivity contribution in [1.29, 1.82) is 0 Å². The largest absolute Gasteiger partial charge is 0.369 e. The Morgan fingerprint density at radius 1 is 1.00 bits per heavy atom. The zero-order valence-electron chi connectivity index (χ0n) is 18.3. The van der Waals surface area contributed by atoms with Crippen molar-refractivity contribution in [3.63, 3.8) is 0 Å². The Kier molecular flexibility index (Phi) is 6.68. The van der Waals surface area contributed by atoms with Gasteiger partial charge in [-0.25, -0.2) is 0 Å². The van der Waals surface area contributed by atoms with Crippen LogP contribution in [0.4, 0.5) is 5.69 Å². The number of para-hydroxylation sites is 1. The number of hydrogen-bond donors (Lipinski definition) is 0. The highest BCUT2D eigenvalue weighted by Gasteiger charge is 2.27. The fourth-order valence-electron chi connectivity index (χ4n) is 4.49. The number of carbonyl (C=O) groups excluding carboxylic acids is 1. The molecule has 0 spiro atoms. The Bertz CT molecular complexity index is 985. The molecule has 0 aliphatic carbocycles. The molecule has 0 unspecified atom stereocenters. The maximum absolute atomic E-state index is 13.2. The third kappa shape index (κ3) is 4.80. The average Bonchev–Trinajstić information content (AvgIpc) is 3.23. The lowest BCUT2D eigenvalue weighted by molar-refractivity contribution is 0.0826. The summed E-state index contributed by atoms with van der Waals surface area (Å²) in [7, 11) is 0. The van der Waals surface area contributed by atoms with E-state index in [1.807, 2.05) is 30.0 Å². The highest BCUT2D eigenvalue weighted by atomic mass is 16.2. The number of benzene rings is 2. The Morgan fingerprint density at radius 2 is 1.77 bits per heavy atom. The molecular weight excluding hydrogens is 382 g/mol. The number of amides is 1. The third-order valence-electron chi connectivity index (χ3n) is 6.17. The molecule has 0 N–H and O–H groups in total. The first-order chi connectivity index (χ1) is 15.2. The number of piperazine rings is 1. The summed E-state index contributed by atoms with van der Waals surface area (Å²) in [5, 5.41) is 0. The van der Waals surface area contributed by atoms with E-state index in [0.717, 1.165) is 56.9 Å². The number of likely N-dealkylation sites (tertiary alicyclic amines) is 1. The molecule has 2 aromatic carbocycles. The van der Waals surface area contributed by atoms with E-state index in [9.17, 15) is 4.79 Å². The molecule has 2 aliphatic rings. The summed E-state index contributed by atoms with van der Waals surface area (Å²) in [5.41, 5.74) is 5.43. The number of rotatable bonds is 5. The minimum absolute atomic E-state index is 0.0701. The van der Waals surface area contributed by atoms with Crippen LogP contribution in [0.2, 0.25) is 0 Å². The summed E-state index contributed by atoms with van der Waals surface area (Å²) in [6.07, 6.45) is 6.69. The molecule has 2 fully saturated rings. The molecule has 4 heteroatoms. The van der Waals surface area contributed by atoms with E-state index in [2.05, 4.69) is 64.9 Å². The van der Waals surface area contributed by atoms with Gasteiger partial charge in [0.2, 0.25) is 0 Å². The quantitative estimate of drug-likeness (QED) is 0.700. The number of nitrogens with zero attached hydrogens (tertiary/aromatic N) is 3. The second kappa shape index (κ2) is 9.80. The van der Waals surface area contributed by atoms with Crippen molar-refractivity contribution in [3.05, 3.63) is 102 Å². The SMILES string of the molecule is C=C/C=C1\C(=C/C)CCN1C(=O)c1cccc(CN2CCN(c3ccccc3)CC2)c1. The summed E-state index contributed by atoms with van der Waals surface area (Å²) in [5.74, 6) is 0.0701. The molecule has 2 heterocycles. The van der Waals surface area contributed by atoms with Crippen LogP contribution >= 0.6 is 0 Å². The Hall–Kier alpha value is -3.11. The fraction of sp³-hybridized carbons (Fsp3) is 0.296. The third-order valence-corrected chi connectivity index (χ3v) is 6.17. The minimum Gasteiger partial charge on any atom is -0.369 e. The van der Waals surface area contributed by atoms with Crippen molar-refractivity contribution in [2.45, 2.75) is 19.9 Å². The Labute approximate surface area is 185 Å². The van der Waals surface area contributed by atoms with Gasteiger partial charge < -0.3 is 9.80 Å². The van der Waals surface area contributed by atoms with Crippen molar-refractivity contribution in [1.82, 2.24) is 9.80 Å². The molecule has 2 aromatic rings. The Morgan fingerprint density at radius 3 is 2.48 bits per heavy atom. The lowest BCUT2D eigenvalue weighted by Crippen LogP contribution is -2.45. The van der Waals surface area contributed by atoms with Crippen LogP contribution in [0.5, 0.6) is 0 Å². The van der Waals surface area contributed by atoms with Crippen molar-refractivity contribution < 1.29 is 4.79 Å². The van der Waals surface area contributed by atoms with E-state index in [4.69, 9.17) is 0 Å². The van der Waals surface area contributed by atoms with Gasteiger partial charge in [0.1, 0.15) is 0 Å². The van der Waals surface area contributed by atoms with Crippen molar-refractivity contribution >= 4 is 11.6 Å². The maximum atomic E-state index is 13.2. The fourth-order valence-corrected chi connectivity index (χ4v) is 4.49. The van der Waals surface area contributed by atoms with Gasteiger partial charge in [-0.05, 0) is 54.8 Å². The lowest BCUT2D eigenvalue weighted by atomic mass is 10.1. The standard InChI is InChI=1S/C27H31N3O/c1-3-9-26-23(4-2)14-15-30(26)27(31)24-11-8-10-22(20-24)21-28-16-18-29(19-17-28)25-12-6-5-7-13-25/h3-13,20H,1,14-19,21H2,2H3/b23-4-,26-9+. The van der Waals surface area contributed by atoms with E-state index >= 15 is 0 Å². The summed E-state index contributed by atoms with van der Waals surface area (Å²) < 4.78 is 0. The zero-order chi connectivity index (χ0) is 21.6. The average molecular weight is 414 g/mol. The number of anilines is 1. The van der Waals surface area contributed by atoms with Gasteiger partial charge in [-0.1, -0.05) is 49.1 Å². The van der Waals surface area contributed by atoms with Gasteiger partial charge in [-0.3, -0.25) is 9.69 Å². The molecule has 160 valence electrons. The molecule has 1 amide bonds. The smallest absolute Gasteiger partial charge is 0.258 e. The first kappa shape index (κ1) is 21.1. The molecule has 0 bridgehead atoms. The van der Waals surface area contributed by atoms with Crippen LogP contribution in [0.15, 0.2) is 90.7 Å². The predicted octanol–water partition coefficient (Wildman–Crippen LogP) is 4.87. The molecule has 0 saturated carbocycles. The van der Waals surface area contributed by atoms with E-state index in [0.29, 0.717) is 0 Å². The molecule has 0 atom stereocenters. The summed E-state index contributed by atoms with van der Waals surface area (Å²) in [4.78, 5) is 20.0. The summed E-state index contributed by atoms with van der Waals surface area (Å²) in [6, 6.07) is 18.7. The van der Waals surface area contributed by atoms with Crippen LogP contribution < -0.4 is 4.90 Å². The first-order valence-electron chi connectivity index (χ1n) is 11.1. The molecule has 4 nitrogen and oxygen atoms in total. The second-order valence-electron chi connectivity index (χ2n) is 8.11. The molecule has 0 aromatic heterocycles. The second-order valence-corrected chi connectivity index (χ2v) is 8.11. The molecule has 2 aliphatic heterocycles. The van der Waals surface area contributed by atoms with Gasteiger partial charge in [0.05, 0.1) is 0 Å². The van der Waals surface area contributed by atoms with E-state index in [-0.39, 0.29) is 5.91 Å². The van der Waals surface area contributed by atoms with E-state index < -0.39 is 0 Å². The number of hydrogen-bond acceptors (Lipinski definition) is 3. The van der Waals surface area contributed by atoms with Gasteiger partial charge in [0, 0.05) is 56.2 Å². The van der Waals surface area contributed by atoms with Crippen molar-refractivity contribution in [2.24, 2.45) is 0 Å². The molecular formula is C27H31N3O. The van der Waals surface area contributed by atoms with Gasteiger partial charge in [0.15, 0.2) is 0 Å². The molecule has 4 rings (SSSR count).